The minimum absolute atomic E-state index is 0.00235. The van der Waals surface area contributed by atoms with Crippen molar-refractivity contribution in [2.75, 3.05) is 18.5 Å². The van der Waals surface area contributed by atoms with E-state index in [2.05, 4.69) is 5.32 Å². The number of para-hydroxylation sites is 2. The zero-order valence-electron chi connectivity index (χ0n) is 17.9. The Bertz CT molecular complexity index is 1310. The summed E-state index contributed by atoms with van der Waals surface area (Å²) in [4.78, 5) is 25.8. The van der Waals surface area contributed by atoms with Crippen LogP contribution in [0.15, 0.2) is 82.0 Å². The van der Waals surface area contributed by atoms with Crippen LogP contribution < -0.4 is 20.2 Å². The highest BCUT2D eigenvalue weighted by Crippen LogP contribution is 2.31. The third-order valence-electron chi connectivity index (χ3n) is 4.85. The number of carbonyl (C=O) groups excluding carboxylic acids is 1. The van der Waals surface area contributed by atoms with Gasteiger partial charge >= 0.3 is 0 Å². The summed E-state index contributed by atoms with van der Waals surface area (Å²) >= 11 is 0. The summed E-state index contributed by atoms with van der Waals surface area (Å²) in [5.41, 5.74) is 2.28. The Morgan fingerprint density at radius 1 is 0.969 bits per heavy atom. The number of hydrogen-bond donors (Lipinski definition) is 1. The minimum atomic E-state index is -0.417. The van der Waals surface area contributed by atoms with Gasteiger partial charge in [0.05, 0.1) is 17.7 Å². The molecular formula is C26H23NO5. The molecule has 6 nitrogen and oxygen atoms in total. The fourth-order valence-electron chi connectivity index (χ4n) is 3.38. The van der Waals surface area contributed by atoms with Crippen LogP contribution in [0.5, 0.6) is 11.5 Å². The second-order valence-electron chi connectivity index (χ2n) is 7.22. The second-order valence-corrected chi connectivity index (χ2v) is 7.22. The Labute approximate surface area is 185 Å². The van der Waals surface area contributed by atoms with E-state index in [0.717, 1.165) is 5.56 Å². The molecule has 6 heteroatoms. The molecule has 32 heavy (non-hydrogen) atoms. The van der Waals surface area contributed by atoms with E-state index in [4.69, 9.17) is 13.9 Å². The highest BCUT2D eigenvalue weighted by Gasteiger charge is 2.19. The van der Waals surface area contributed by atoms with Crippen molar-refractivity contribution in [3.63, 3.8) is 0 Å². The molecule has 0 atom stereocenters. The second kappa shape index (κ2) is 9.39. The van der Waals surface area contributed by atoms with Gasteiger partial charge in [0.1, 0.15) is 11.3 Å². The number of carbonyl (C=O) groups is 1. The van der Waals surface area contributed by atoms with Crippen molar-refractivity contribution < 1.29 is 18.7 Å². The molecule has 1 heterocycles. The predicted molar refractivity (Wildman–Crippen MR) is 124 cm³/mol. The minimum Gasteiger partial charge on any atom is -0.492 e. The van der Waals surface area contributed by atoms with Gasteiger partial charge in [-0.25, -0.2) is 0 Å². The number of benzene rings is 3. The summed E-state index contributed by atoms with van der Waals surface area (Å²) in [7, 11) is 0. The van der Waals surface area contributed by atoms with Crippen LogP contribution >= 0.6 is 0 Å². The standard InChI is InChI=1S/C26H23NO5/c1-3-30-22-12-8-7-11-20(22)27-23(28)16-31-26-24(29)19-15-17(2)13-14-21(19)32-25(26)18-9-5-4-6-10-18/h4-15H,3,16H2,1-2H3,(H,27,28). The van der Waals surface area contributed by atoms with Gasteiger partial charge in [-0.2, -0.15) is 0 Å². The summed E-state index contributed by atoms with van der Waals surface area (Å²) in [6.07, 6.45) is 0. The maximum atomic E-state index is 13.2. The maximum absolute atomic E-state index is 13.2. The number of amides is 1. The van der Waals surface area contributed by atoms with E-state index in [0.29, 0.717) is 34.6 Å². The first kappa shape index (κ1) is 21.2. The SMILES string of the molecule is CCOc1ccccc1NC(=O)COc1c(-c2ccccc2)oc2ccc(C)cc2c1=O. The maximum Gasteiger partial charge on any atom is 0.262 e. The molecule has 0 spiro atoms. The molecule has 0 saturated carbocycles. The van der Waals surface area contributed by atoms with Gasteiger partial charge in [-0.3, -0.25) is 9.59 Å². The van der Waals surface area contributed by atoms with E-state index in [-0.39, 0.29) is 23.5 Å². The van der Waals surface area contributed by atoms with Gasteiger partial charge in [-0.05, 0) is 38.1 Å². The molecule has 4 rings (SSSR count). The van der Waals surface area contributed by atoms with E-state index < -0.39 is 5.91 Å². The van der Waals surface area contributed by atoms with Crippen molar-refractivity contribution in [2.24, 2.45) is 0 Å². The zero-order valence-corrected chi connectivity index (χ0v) is 17.9. The summed E-state index contributed by atoms with van der Waals surface area (Å²) in [6, 6.07) is 21.7. The van der Waals surface area contributed by atoms with Crippen molar-refractivity contribution in [1.82, 2.24) is 0 Å². The van der Waals surface area contributed by atoms with Crippen LogP contribution in [0.3, 0.4) is 0 Å². The molecule has 0 aliphatic heterocycles. The average Bonchev–Trinajstić information content (AvgIpc) is 2.81. The van der Waals surface area contributed by atoms with Crippen molar-refractivity contribution in [2.45, 2.75) is 13.8 Å². The lowest BCUT2D eigenvalue weighted by Gasteiger charge is -2.13. The molecule has 0 bridgehead atoms. The highest BCUT2D eigenvalue weighted by atomic mass is 16.5. The van der Waals surface area contributed by atoms with E-state index >= 15 is 0 Å². The van der Waals surface area contributed by atoms with Crippen LogP contribution in [0.1, 0.15) is 12.5 Å². The summed E-state index contributed by atoms with van der Waals surface area (Å²) in [5.74, 6) is 0.436. The Morgan fingerprint density at radius 3 is 2.50 bits per heavy atom. The van der Waals surface area contributed by atoms with E-state index in [1.807, 2.05) is 56.3 Å². The zero-order chi connectivity index (χ0) is 22.5. The average molecular weight is 429 g/mol. The molecule has 0 fully saturated rings. The fourth-order valence-corrected chi connectivity index (χ4v) is 3.38. The Hall–Kier alpha value is -4.06. The monoisotopic (exact) mass is 429 g/mol. The van der Waals surface area contributed by atoms with E-state index in [1.54, 1.807) is 30.3 Å². The van der Waals surface area contributed by atoms with Gasteiger partial charge in [-0.1, -0.05) is 54.1 Å². The lowest BCUT2D eigenvalue weighted by molar-refractivity contribution is -0.118. The number of fused-ring (bicyclic) bond motifs is 1. The molecular weight excluding hydrogens is 406 g/mol. The normalized spacial score (nSPS) is 10.7. The molecule has 4 aromatic rings. The quantitative estimate of drug-likeness (QED) is 0.438. The van der Waals surface area contributed by atoms with Gasteiger partial charge in [0.2, 0.25) is 11.2 Å². The van der Waals surface area contributed by atoms with Gasteiger partial charge in [0, 0.05) is 5.56 Å². The van der Waals surface area contributed by atoms with Crippen molar-refractivity contribution in [3.8, 4) is 22.8 Å². The van der Waals surface area contributed by atoms with Crippen LogP contribution in [-0.2, 0) is 4.79 Å². The largest absolute Gasteiger partial charge is 0.492 e. The first-order valence-corrected chi connectivity index (χ1v) is 10.3. The Kier molecular flexibility index (Phi) is 6.22. The van der Waals surface area contributed by atoms with Gasteiger partial charge in [-0.15, -0.1) is 0 Å². The van der Waals surface area contributed by atoms with Crippen LogP contribution in [0.2, 0.25) is 0 Å². The van der Waals surface area contributed by atoms with Crippen molar-refractivity contribution in [1.29, 1.82) is 0 Å². The lowest BCUT2D eigenvalue weighted by atomic mass is 10.1. The first-order chi connectivity index (χ1) is 15.6. The molecule has 0 aliphatic rings. The number of hydrogen-bond acceptors (Lipinski definition) is 5. The van der Waals surface area contributed by atoms with E-state index in [1.165, 1.54) is 0 Å². The van der Waals surface area contributed by atoms with Crippen molar-refractivity contribution >= 4 is 22.6 Å². The summed E-state index contributed by atoms with van der Waals surface area (Å²) in [5, 5.41) is 3.17. The number of aryl methyl sites for hydroxylation is 1. The number of nitrogens with one attached hydrogen (secondary N) is 1. The van der Waals surface area contributed by atoms with Crippen LogP contribution in [0.4, 0.5) is 5.69 Å². The molecule has 162 valence electrons. The Morgan fingerprint density at radius 2 is 1.72 bits per heavy atom. The van der Waals surface area contributed by atoms with Crippen molar-refractivity contribution in [3.05, 3.63) is 88.6 Å². The number of rotatable bonds is 7. The molecule has 1 amide bonds. The van der Waals surface area contributed by atoms with Gasteiger partial charge in [0.15, 0.2) is 12.4 Å². The highest BCUT2D eigenvalue weighted by molar-refractivity contribution is 5.93. The predicted octanol–water partition coefficient (Wildman–Crippen LogP) is 5.18. The summed E-state index contributed by atoms with van der Waals surface area (Å²) in [6.45, 7) is 3.88. The topological polar surface area (TPSA) is 77.8 Å². The van der Waals surface area contributed by atoms with Crippen LogP contribution in [0.25, 0.3) is 22.3 Å². The van der Waals surface area contributed by atoms with E-state index in [9.17, 15) is 9.59 Å². The lowest BCUT2D eigenvalue weighted by Crippen LogP contribution is -2.23. The molecule has 1 N–H and O–H groups in total. The van der Waals surface area contributed by atoms with Crippen LogP contribution in [0, 0.1) is 6.92 Å². The Balaban J connectivity index is 1.65. The van der Waals surface area contributed by atoms with Gasteiger partial charge < -0.3 is 19.2 Å². The van der Waals surface area contributed by atoms with Crippen LogP contribution in [-0.4, -0.2) is 19.1 Å². The number of anilines is 1. The fraction of sp³-hybridized carbons (Fsp3) is 0.154. The third-order valence-corrected chi connectivity index (χ3v) is 4.85. The smallest absolute Gasteiger partial charge is 0.262 e. The number of ether oxygens (including phenoxy) is 2. The first-order valence-electron chi connectivity index (χ1n) is 10.3. The molecule has 1 aromatic heterocycles. The molecule has 0 radical (unpaired) electrons. The molecule has 0 saturated heterocycles. The molecule has 0 aliphatic carbocycles. The molecule has 0 unspecified atom stereocenters. The molecule has 3 aromatic carbocycles. The van der Waals surface area contributed by atoms with Gasteiger partial charge in [0.25, 0.3) is 5.91 Å². The third kappa shape index (κ3) is 4.49. The summed E-state index contributed by atoms with van der Waals surface area (Å²) < 4.78 is 17.3.